The quantitative estimate of drug-likeness (QED) is 0.804. The highest BCUT2D eigenvalue weighted by atomic mass is 16.3. The lowest BCUT2D eigenvalue weighted by Gasteiger charge is -2.31. The molecular weight excluding hydrogens is 202 g/mol. The summed E-state index contributed by atoms with van der Waals surface area (Å²) in [5.74, 6) is 1.28. The fourth-order valence-corrected chi connectivity index (χ4v) is 1.94. The van der Waals surface area contributed by atoms with E-state index in [0.29, 0.717) is 11.5 Å². The van der Waals surface area contributed by atoms with E-state index in [1.165, 1.54) is 0 Å². The molecule has 1 heterocycles. The lowest BCUT2D eigenvalue weighted by molar-refractivity contribution is 0.0486. The van der Waals surface area contributed by atoms with Gasteiger partial charge in [-0.1, -0.05) is 0 Å². The Balaban J connectivity index is 1.94. The van der Waals surface area contributed by atoms with Gasteiger partial charge in [-0.3, -0.25) is 0 Å². The van der Waals surface area contributed by atoms with Crippen LogP contribution in [0.2, 0.25) is 0 Å². The maximum Gasteiger partial charge on any atom is 0.127 e. The fourth-order valence-electron chi connectivity index (χ4n) is 1.94. The number of anilines is 1. The second-order valence-corrected chi connectivity index (χ2v) is 4.37. The summed E-state index contributed by atoms with van der Waals surface area (Å²) in [6.45, 7) is 2.69. The zero-order chi connectivity index (χ0) is 11.5. The first-order valence-electron chi connectivity index (χ1n) is 5.48. The molecule has 1 fully saturated rings. The van der Waals surface area contributed by atoms with Gasteiger partial charge in [-0.15, -0.1) is 0 Å². The number of nitrogens with zero attached hydrogens (tertiary/aromatic N) is 2. The Morgan fingerprint density at radius 3 is 2.94 bits per heavy atom. The van der Waals surface area contributed by atoms with Crippen LogP contribution in [0.4, 0.5) is 5.82 Å². The van der Waals surface area contributed by atoms with Crippen molar-refractivity contribution in [3.8, 4) is 6.07 Å². The van der Waals surface area contributed by atoms with Gasteiger partial charge in [-0.2, -0.15) is 5.26 Å². The van der Waals surface area contributed by atoms with Crippen LogP contribution in [0.3, 0.4) is 0 Å². The number of nitrogens with one attached hydrogen (secondary N) is 1. The summed E-state index contributed by atoms with van der Waals surface area (Å²) in [5.41, 5.74) is 1.47. The SMILES string of the molecule is Cc1cc(C#N)cc(NCC2CC(O)C2)n1. The van der Waals surface area contributed by atoms with Crippen LogP contribution in [0, 0.1) is 24.2 Å². The minimum atomic E-state index is -0.119. The summed E-state index contributed by atoms with van der Waals surface area (Å²) in [6, 6.07) is 5.63. The largest absolute Gasteiger partial charge is 0.393 e. The summed E-state index contributed by atoms with van der Waals surface area (Å²) >= 11 is 0. The molecule has 0 saturated heterocycles. The van der Waals surface area contributed by atoms with Gasteiger partial charge in [-0.25, -0.2) is 4.98 Å². The van der Waals surface area contributed by atoms with Gasteiger partial charge in [0.05, 0.1) is 17.7 Å². The molecule has 0 spiro atoms. The van der Waals surface area contributed by atoms with Crippen molar-refractivity contribution in [2.45, 2.75) is 25.9 Å². The van der Waals surface area contributed by atoms with Crippen LogP contribution in [0.25, 0.3) is 0 Å². The molecule has 1 aromatic rings. The van der Waals surface area contributed by atoms with E-state index in [1.54, 1.807) is 12.1 Å². The first-order chi connectivity index (χ1) is 7.67. The van der Waals surface area contributed by atoms with E-state index in [-0.39, 0.29) is 6.10 Å². The summed E-state index contributed by atoms with van der Waals surface area (Å²) in [4.78, 5) is 4.31. The van der Waals surface area contributed by atoms with E-state index in [0.717, 1.165) is 30.9 Å². The second-order valence-electron chi connectivity index (χ2n) is 4.37. The average Bonchev–Trinajstić information content (AvgIpc) is 2.22. The van der Waals surface area contributed by atoms with Crippen molar-refractivity contribution in [3.63, 3.8) is 0 Å². The molecular formula is C12H15N3O. The van der Waals surface area contributed by atoms with E-state index < -0.39 is 0 Å². The molecule has 4 heteroatoms. The maximum atomic E-state index is 9.16. The summed E-state index contributed by atoms with van der Waals surface area (Å²) < 4.78 is 0. The van der Waals surface area contributed by atoms with Crippen molar-refractivity contribution in [2.75, 3.05) is 11.9 Å². The van der Waals surface area contributed by atoms with Crippen LogP contribution in [0.15, 0.2) is 12.1 Å². The van der Waals surface area contributed by atoms with E-state index in [1.807, 2.05) is 6.92 Å². The molecule has 1 aromatic heterocycles. The van der Waals surface area contributed by atoms with Gasteiger partial charge in [0.25, 0.3) is 0 Å². The van der Waals surface area contributed by atoms with Gasteiger partial charge in [-0.05, 0) is 37.8 Å². The van der Waals surface area contributed by atoms with Crippen LogP contribution in [-0.2, 0) is 0 Å². The minimum Gasteiger partial charge on any atom is -0.393 e. The number of nitriles is 1. The van der Waals surface area contributed by atoms with Crippen LogP contribution < -0.4 is 5.32 Å². The van der Waals surface area contributed by atoms with E-state index >= 15 is 0 Å². The fraction of sp³-hybridized carbons (Fsp3) is 0.500. The first kappa shape index (κ1) is 10.9. The number of hydrogen-bond donors (Lipinski definition) is 2. The zero-order valence-corrected chi connectivity index (χ0v) is 9.27. The molecule has 16 heavy (non-hydrogen) atoms. The van der Waals surface area contributed by atoms with Crippen molar-refractivity contribution in [3.05, 3.63) is 23.4 Å². The second kappa shape index (κ2) is 4.50. The number of hydrogen-bond acceptors (Lipinski definition) is 4. The molecule has 0 aliphatic heterocycles. The summed E-state index contributed by atoms with van der Waals surface area (Å²) in [5, 5.41) is 21.2. The number of aliphatic hydroxyl groups excluding tert-OH is 1. The third-order valence-electron chi connectivity index (χ3n) is 2.87. The Labute approximate surface area is 94.9 Å². The lowest BCUT2D eigenvalue weighted by Crippen LogP contribution is -2.33. The van der Waals surface area contributed by atoms with Gasteiger partial charge in [0.1, 0.15) is 5.82 Å². The molecule has 1 aliphatic carbocycles. The molecule has 2 N–H and O–H groups in total. The third kappa shape index (κ3) is 2.50. The third-order valence-corrected chi connectivity index (χ3v) is 2.87. The molecule has 84 valence electrons. The van der Waals surface area contributed by atoms with Gasteiger partial charge in [0, 0.05) is 12.2 Å². The van der Waals surface area contributed by atoms with E-state index in [9.17, 15) is 0 Å². The highest BCUT2D eigenvalue weighted by Gasteiger charge is 2.26. The van der Waals surface area contributed by atoms with Crippen LogP contribution in [0.1, 0.15) is 24.1 Å². The molecule has 2 rings (SSSR count). The molecule has 0 unspecified atom stereocenters. The molecule has 0 radical (unpaired) electrons. The van der Waals surface area contributed by atoms with Crippen molar-refractivity contribution in [1.82, 2.24) is 4.98 Å². The van der Waals surface area contributed by atoms with Crippen LogP contribution >= 0.6 is 0 Å². The highest BCUT2D eigenvalue weighted by Crippen LogP contribution is 2.27. The molecule has 4 nitrogen and oxygen atoms in total. The standard InChI is InChI=1S/C12H15N3O/c1-8-2-9(6-13)5-12(15-8)14-7-10-3-11(16)4-10/h2,5,10-11,16H,3-4,7H2,1H3,(H,14,15). The normalized spacial score (nSPS) is 23.3. The molecule has 1 aliphatic rings. The van der Waals surface area contributed by atoms with Gasteiger partial charge < -0.3 is 10.4 Å². The highest BCUT2D eigenvalue weighted by molar-refractivity contribution is 5.44. The maximum absolute atomic E-state index is 9.16. The van der Waals surface area contributed by atoms with Crippen molar-refractivity contribution in [1.29, 1.82) is 5.26 Å². The Hall–Kier alpha value is -1.60. The Morgan fingerprint density at radius 2 is 2.31 bits per heavy atom. The number of aliphatic hydroxyl groups is 1. The molecule has 0 amide bonds. The van der Waals surface area contributed by atoms with E-state index in [4.69, 9.17) is 10.4 Å². The van der Waals surface area contributed by atoms with Crippen LogP contribution in [0.5, 0.6) is 0 Å². The predicted molar refractivity (Wildman–Crippen MR) is 60.9 cm³/mol. The molecule has 0 bridgehead atoms. The molecule has 0 atom stereocenters. The first-order valence-corrected chi connectivity index (χ1v) is 5.48. The monoisotopic (exact) mass is 217 g/mol. The van der Waals surface area contributed by atoms with Gasteiger partial charge >= 0.3 is 0 Å². The molecule has 1 saturated carbocycles. The predicted octanol–water partition coefficient (Wildman–Crippen LogP) is 1.44. The number of rotatable bonds is 3. The van der Waals surface area contributed by atoms with E-state index in [2.05, 4.69) is 16.4 Å². The topological polar surface area (TPSA) is 68.9 Å². The number of aromatic nitrogens is 1. The van der Waals surface area contributed by atoms with Gasteiger partial charge in [0.2, 0.25) is 0 Å². The number of pyridine rings is 1. The Morgan fingerprint density at radius 1 is 1.56 bits per heavy atom. The summed E-state index contributed by atoms with van der Waals surface area (Å²) in [6.07, 6.45) is 1.61. The zero-order valence-electron chi connectivity index (χ0n) is 9.27. The van der Waals surface area contributed by atoms with Crippen LogP contribution in [-0.4, -0.2) is 22.7 Å². The Kier molecular flexibility index (Phi) is 3.07. The van der Waals surface area contributed by atoms with Crippen molar-refractivity contribution in [2.24, 2.45) is 5.92 Å². The molecule has 0 aromatic carbocycles. The van der Waals surface area contributed by atoms with Crippen molar-refractivity contribution < 1.29 is 5.11 Å². The van der Waals surface area contributed by atoms with Gasteiger partial charge in [0.15, 0.2) is 0 Å². The lowest BCUT2D eigenvalue weighted by atomic mass is 9.82. The van der Waals surface area contributed by atoms with Crippen molar-refractivity contribution >= 4 is 5.82 Å². The summed E-state index contributed by atoms with van der Waals surface area (Å²) in [7, 11) is 0. The smallest absolute Gasteiger partial charge is 0.127 e. The minimum absolute atomic E-state index is 0.119. The average molecular weight is 217 g/mol. The number of aryl methyl sites for hydroxylation is 1. The Bertz CT molecular complexity index is 419.